The summed E-state index contributed by atoms with van der Waals surface area (Å²) in [6, 6.07) is 13.7. The highest BCUT2D eigenvalue weighted by Crippen LogP contribution is 2.15. The van der Waals surface area contributed by atoms with Gasteiger partial charge in [0.1, 0.15) is 11.5 Å². The molecular formula is C20H22N2O5. The van der Waals surface area contributed by atoms with Crippen molar-refractivity contribution in [1.29, 1.82) is 0 Å². The molecule has 2 rings (SSSR count). The molecule has 0 saturated heterocycles. The van der Waals surface area contributed by atoms with Crippen LogP contribution >= 0.6 is 0 Å². The number of nitrogens with zero attached hydrogens (tertiary/aromatic N) is 1. The van der Waals surface area contributed by atoms with Gasteiger partial charge in [0.05, 0.1) is 25.5 Å². The summed E-state index contributed by atoms with van der Waals surface area (Å²) < 4.78 is 15.6. The Kier molecular flexibility index (Phi) is 7.84. The van der Waals surface area contributed by atoms with E-state index in [1.54, 1.807) is 37.4 Å². The maximum absolute atomic E-state index is 11.8. The molecule has 0 radical (unpaired) electrons. The number of rotatable bonds is 9. The van der Waals surface area contributed by atoms with E-state index in [0.717, 1.165) is 12.0 Å². The predicted molar refractivity (Wildman–Crippen MR) is 101 cm³/mol. The summed E-state index contributed by atoms with van der Waals surface area (Å²) in [5.74, 6) is 0.328. The number of amides is 1. The van der Waals surface area contributed by atoms with E-state index in [0.29, 0.717) is 23.7 Å². The lowest BCUT2D eigenvalue weighted by molar-refractivity contribution is -0.123. The van der Waals surface area contributed by atoms with Gasteiger partial charge >= 0.3 is 5.97 Å². The van der Waals surface area contributed by atoms with Crippen molar-refractivity contribution in [1.82, 2.24) is 5.43 Å². The van der Waals surface area contributed by atoms with Gasteiger partial charge in [-0.3, -0.25) is 4.79 Å². The number of esters is 1. The summed E-state index contributed by atoms with van der Waals surface area (Å²) >= 11 is 0. The normalized spacial score (nSPS) is 10.4. The molecule has 0 fully saturated rings. The van der Waals surface area contributed by atoms with E-state index >= 15 is 0 Å². The summed E-state index contributed by atoms with van der Waals surface area (Å²) in [5, 5.41) is 3.88. The van der Waals surface area contributed by atoms with Crippen molar-refractivity contribution in [2.45, 2.75) is 13.3 Å². The molecule has 0 bridgehead atoms. The van der Waals surface area contributed by atoms with E-state index in [9.17, 15) is 9.59 Å². The molecule has 0 aliphatic carbocycles. The number of hydrazone groups is 1. The second-order valence-corrected chi connectivity index (χ2v) is 5.48. The summed E-state index contributed by atoms with van der Waals surface area (Å²) in [4.78, 5) is 23.5. The van der Waals surface area contributed by atoms with E-state index in [-0.39, 0.29) is 12.6 Å². The largest absolute Gasteiger partial charge is 0.496 e. The standard InChI is InChI=1S/C20H22N2O5/c1-3-12-26-20(24)15-8-10-17(11-9-15)27-14-19(23)22-21-13-16-6-4-5-7-18(16)25-2/h4-11,13H,3,12,14H2,1-2H3,(H,22,23)/b21-13+. The molecule has 142 valence electrons. The van der Waals surface area contributed by atoms with Crippen LogP contribution in [0.5, 0.6) is 11.5 Å². The fourth-order valence-corrected chi connectivity index (χ4v) is 2.09. The Morgan fingerprint density at radius 1 is 1.11 bits per heavy atom. The van der Waals surface area contributed by atoms with Crippen molar-refractivity contribution in [3.8, 4) is 11.5 Å². The molecule has 2 aromatic rings. The first-order chi connectivity index (χ1) is 13.1. The minimum Gasteiger partial charge on any atom is -0.496 e. The third-order valence-electron chi connectivity index (χ3n) is 3.43. The molecule has 0 aliphatic rings. The molecule has 1 amide bonds. The number of hydrogen-bond donors (Lipinski definition) is 1. The van der Waals surface area contributed by atoms with E-state index in [1.807, 2.05) is 25.1 Å². The van der Waals surface area contributed by atoms with Gasteiger partial charge in [0, 0.05) is 5.56 Å². The maximum atomic E-state index is 11.8. The Hall–Kier alpha value is -3.35. The second kappa shape index (κ2) is 10.6. The molecule has 0 atom stereocenters. The average Bonchev–Trinajstić information content (AvgIpc) is 2.71. The van der Waals surface area contributed by atoms with Gasteiger partial charge in [-0.1, -0.05) is 19.1 Å². The molecule has 0 heterocycles. The van der Waals surface area contributed by atoms with Crippen LogP contribution in [0.3, 0.4) is 0 Å². The van der Waals surface area contributed by atoms with Gasteiger partial charge in [0.15, 0.2) is 6.61 Å². The molecule has 7 nitrogen and oxygen atoms in total. The molecule has 1 N–H and O–H groups in total. The monoisotopic (exact) mass is 370 g/mol. The summed E-state index contributed by atoms with van der Waals surface area (Å²) in [5.41, 5.74) is 3.56. The molecule has 0 spiro atoms. The van der Waals surface area contributed by atoms with E-state index in [1.165, 1.54) is 6.21 Å². The first-order valence-electron chi connectivity index (χ1n) is 8.49. The molecule has 2 aromatic carbocycles. The van der Waals surface area contributed by atoms with E-state index < -0.39 is 5.91 Å². The lowest BCUT2D eigenvalue weighted by atomic mass is 10.2. The Bertz CT molecular complexity index is 787. The zero-order chi connectivity index (χ0) is 19.5. The Balaban J connectivity index is 1.80. The first kappa shape index (κ1) is 20.0. The number of para-hydroxylation sites is 1. The van der Waals surface area contributed by atoms with Gasteiger partial charge in [-0.2, -0.15) is 5.10 Å². The number of carbonyl (C=O) groups excluding carboxylic acids is 2. The van der Waals surface area contributed by atoms with Crippen LogP contribution in [0, 0.1) is 0 Å². The number of ether oxygens (including phenoxy) is 3. The van der Waals surface area contributed by atoms with Crippen LogP contribution in [0.15, 0.2) is 53.6 Å². The maximum Gasteiger partial charge on any atom is 0.338 e. The van der Waals surface area contributed by atoms with E-state index in [4.69, 9.17) is 14.2 Å². The van der Waals surface area contributed by atoms with Gasteiger partial charge in [0.25, 0.3) is 5.91 Å². The summed E-state index contributed by atoms with van der Waals surface area (Å²) in [6.45, 7) is 2.10. The topological polar surface area (TPSA) is 86.2 Å². The van der Waals surface area contributed by atoms with Crippen LogP contribution in [0.1, 0.15) is 29.3 Å². The molecule has 0 unspecified atom stereocenters. The highest BCUT2D eigenvalue weighted by molar-refractivity contribution is 5.89. The van der Waals surface area contributed by atoms with Crippen LogP contribution in [0.4, 0.5) is 0 Å². The van der Waals surface area contributed by atoms with Crippen molar-refractivity contribution in [3.63, 3.8) is 0 Å². The quantitative estimate of drug-likeness (QED) is 0.417. The zero-order valence-electron chi connectivity index (χ0n) is 15.3. The van der Waals surface area contributed by atoms with Crippen LogP contribution in [0.25, 0.3) is 0 Å². The number of hydrogen-bond acceptors (Lipinski definition) is 6. The van der Waals surface area contributed by atoms with Crippen molar-refractivity contribution >= 4 is 18.1 Å². The minimum atomic E-state index is -0.410. The minimum absolute atomic E-state index is 0.205. The summed E-state index contributed by atoms with van der Waals surface area (Å²) in [7, 11) is 1.56. The third-order valence-corrected chi connectivity index (χ3v) is 3.43. The Morgan fingerprint density at radius 2 is 1.85 bits per heavy atom. The second-order valence-electron chi connectivity index (χ2n) is 5.48. The smallest absolute Gasteiger partial charge is 0.338 e. The SMILES string of the molecule is CCCOC(=O)c1ccc(OCC(=O)N/N=C/c2ccccc2OC)cc1. The van der Waals surface area contributed by atoms with Gasteiger partial charge in [-0.15, -0.1) is 0 Å². The number of methoxy groups -OCH3 is 1. The van der Waals surface area contributed by atoms with Gasteiger partial charge < -0.3 is 14.2 Å². The lowest BCUT2D eigenvalue weighted by Gasteiger charge is -2.07. The third kappa shape index (κ3) is 6.47. The number of carbonyl (C=O) groups is 2. The first-order valence-corrected chi connectivity index (χ1v) is 8.49. The number of nitrogens with one attached hydrogen (secondary N) is 1. The van der Waals surface area contributed by atoms with E-state index in [2.05, 4.69) is 10.5 Å². The Labute approximate surface area is 157 Å². The zero-order valence-corrected chi connectivity index (χ0v) is 15.3. The number of benzene rings is 2. The van der Waals surface area contributed by atoms with Crippen molar-refractivity contribution in [2.24, 2.45) is 5.10 Å². The highest BCUT2D eigenvalue weighted by atomic mass is 16.5. The van der Waals surface area contributed by atoms with Gasteiger partial charge in [0.2, 0.25) is 0 Å². The molecule has 0 saturated carbocycles. The van der Waals surface area contributed by atoms with Crippen LogP contribution < -0.4 is 14.9 Å². The lowest BCUT2D eigenvalue weighted by Crippen LogP contribution is -2.24. The van der Waals surface area contributed by atoms with Crippen LogP contribution in [0.2, 0.25) is 0 Å². The van der Waals surface area contributed by atoms with Crippen LogP contribution in [-0.2, 0) is 9.53 Å². The molecule has 0 aliphatic heterocycles. The average molecular weight is 370 g/mol. The molecule has 27 heavy (non-hydrogen) atoms. The fourth-order valence-electron chi connectivity index (χ4n) is 2.09. The Morgan fingerprint density at radius 3 is 2.56 bits per heavy atom. The summed E-state index contributed by atoms with van der Waals surface area (Å²) in [6.07, 6.45) is 2.26. The van der Waals surface area contributed by atoms with Crippen molar-refractivity contribution in [3.05, 3.63) is 59.7 Å². The highest BCUT2D eigenvalue weighted by Gasteiger charge is 2.07. The predicted octanol–water partition coefficient (Wildman–Crippen LogP) is 2.79. The van der Waals surface area contributed by atoms with Gasteiger partial charge in [-0.05, 0) is 42.8 Å². The molecule has 7 heteroatoms. The van der Waals surface area contributed by atoms with Crippen molar-refractivity contribution in [2.75, 3.05) is 20.3 Å². The van der Waals surface area contributed by atoms with Crippen LogP contribution in [-0.4, -0.2) is 38.4 Å². The van der Waals surface area contributed by atoms with Gasteiger partial charge in [-0.25, -0.2) is 10.2 Å². The molecule has 0 aromatic heterocycles. The molecular weight excluding hydrogens is 348 g/mol. The fraction of sp³-hybridized carbons (Fsp3) is 0.250. The van der Waals surface area contributed by atoms with Crippen molar-refractivity contribution < 1.29 is 23.8 Å².